The van der Waals surface area contributed by atoms with Crippen molar-refractivity contribution in [3.63, 3.8) is 0 Å². The lowest BCUT2D eigenvalue weighted by Gasteiger charge is -2.28. The molecule has 1 aliphatic rings. The molecule has 4 nitrogen and oxygen atoms in total. The first-order valence-electron chi connectivity index (χ1n) is 9.59. The fourth-order valence-corrected chi connectivity index (χ4v) is 4.18. The van der Waals surface area contributed by atoms with E-state index in [1.807, 2.05) is 29.8 Å². The Hall–Kier alpha value is -0.760. The lowest BCUT2D eigenvalue weighted by atomic mass is 10.0. The normalized spacial score (nSPS) is 22.2. The molecule has 1 fully saturated rings. The predicted octanol–water partition coefficient (Wildman–Crippen LogP) is 6.64. The number of hydrogen-bond acceptors (Lipinski definition) is 4. The maximum atomic E-state index is 6.47. The Morgan fingerprint density at radius 1 is 1.33 bits per heavy atom. The Balaban J connectivity index is 0.00000320. The Morgan fingerprint density at radius 3 is 2.77 bits per heavy atom. The van der Waals surface area contributed by atoms with E-state index in [-0.39, 0.29) is 18.5 Å². The molecule has 0 amide bonds. The number of rotatable bonds is 9. The van der Waals surface area contributed by atoms with Gasteiger partial charge in [0, 0.05) is 29.6 Å². The molecule has 0 unspecified atom stereocenters. The smallest absolute Gasteiger partial charge is 0.187 e. The number of thioether (sulfide) groups is 1. The summed E-state index contributed by atoms with van der Waals surface area (Å²) in [7, 11) is 0. The van der Waals surface area contributed by atoms with Crippen LogP contribution in [0, 0.1) is 0 Å². The molecule has 2 atom stereocenters. The van der Waals surface area contributed by atoms with Gasteiger partial charge in [0.05, 0.1) is 25.6 Å². The van der Waals surface area contributed by atoms with Crippen LogP contribution < -0.4 is 0 Å². The lowest BCUT2D eigenvalue weighted by molar-refractivity contribution is -0.180. The molecule has 0 aliphatic carbocycles. The van der Waals surface area contributed by atoms with E-state index >= 15 is 0 Å². The Labute approximate surface area is 202 Å². The van der Waals surface area contributed by atoms with Crippen LogP contribution in [-0.4, -0.2) is 33.8 Å². The number of aromatic nitrogens is 2. The fraction of sp³-hybridized carbons (Fsp3) is 0.409. The van der Waals surface area contributed by atoms with Gasteiger partial charge in [-0.25, -0.2) is 4.98 Å². The summed E-state index contributed by atoms with van der Waals surface area (Å²) in [5.41, 5.74) is 1.22. The van der Waals surface area contributed by atoms with E-state index in [4.69, 9.17) is 21.1 Å². The molecule has 0 saturated carbocycles. The summed E-state index contributed by atoms with van der Waals surface area (Å²) >= 11 is 11.3. The molecule has 0 bridgehead atoms. The highest BCUT2D eigenvalue weighted by Crippen LogP contribution is 2.33. The van der Waals surface area contributed by atoms with E-state index in [1.165, 1.54) is 10.5 Å². The van der Waals surface area contributed by atoms with Gasteiger partial charge in [-0.3, -0.25) is 0 Å². The average molecular weight is 534 g/mol. The van der Waals surface area contributed by atoms with Crippen molar-refractivity contribution in [2.24, 2.45) is 0 Å². The minimum absolute atomic E-state index is 0. The van der Waals surface area contributed by atoms with Crippen LogP contribution >= 0.6 is 51.7 Å². The zero-order valence-corrected chi connectivity index (χ0v) is 21.1. The minimum atomic E-state index is -0.643. The Morgan fingerprint density at radius 2 is 2.10 bits per heavy atom. The second-order valence-electron chi connectivity index (χ2n) is 7.16. The molecule has 1 aromatic carbocycles. The number of aryl methyl sites for hydroxylation is 1. The van der Waals surface area contributed by atoms with E-state index < -0.39 is 5.79 Å². The summed E-state index contributed by atoms with van der Waals surface area (Å²) in [5.74, 6) is 0.222. The highest BCUT2D eigenvalue weighted by atomic mass is 79.9. The SMILES string of the molecule is C/C(Br)=C\C=C(/C)SC[C@@H]1CO[C@@](CCc2ccc(Cl)cc2)(Cn2ccnc2)O1.Cl. The first kappa shape index (κ1) is 25.5. The molecule has 164 valence electrons. The van der Waals surface area contributed by atoms with Gasteiger partial charge in [0.15, 0.2) is 5.79 Å². The summed E-state index contributed by atoms with van der Waals surface area (Å²) in [6.45, 7) is 5.37. The van der Waals surface area contributed by atoms with Crippen molar-refractivity contribution in [1.29, 1.82) is 0 Å². The van der Waals surface area contributed by atoms with Gasteiger partial charge in [-0.15, -0.1) is 24.2 Å². The third-order valence-electron chi connectivity index (χ3n) is 4.65. The summed E-state index contributed by atoms with van der Waals surface area (Å²) in [4.78, 5) is 5.40. The van der Waals surface area contributed by atoms with Gasteiger partial charge in [-0.05, 0) is 47.4 Å². The van der Waals surface area contributed by atoms with E-state index in [0.717, 1.165) is 28.1 Å². The molecule has 1 aromatic heterocycles. The van der Waals surface area contributed by atoms with E-state index in [2.05, 4.69) is 52.1 Å². The first-order valence-corrected chi connectivity index (χ1v) is 11.8. The van der Waals surface area contributed by atoms with Crippen LogP contribution in [0.25, 0.3) is 0 Å². The molecular formula is C22H27BrCl2N2O2S. The van der Waals surface area contributed by atoms with Gasteiger partial charge in [0.1, 0.15) is 0 Å². The number of ether oxygens (including phenoxy) is 2. The zero-order valence-electron chi connectivity index (χ0n) is 17.1. The van der Waals surface area contributed by atoms with Crippen molar-refractivity contribution < 1.29 is 9.47 Å². The summed E-state index contributed by atoms with van der Waals surface area (Å²) < 4.78 is 15.9. The summed E-state index contributed by atoms with van der Waals surface area (Å²) in [6.07, 6.45) is 11.4. The van der Waals surface area contributed by atoms with Crippen LogP contribution in [0.2, 0.25) is 5.02 Å². The maximum absolute atomic E-state index is 6.47. The van der Waals surface area contributed by atoms with Crippen molar-refractivity contribution >= 4 is 51.7 Å². The van der Waals surface area contributed by atoms with E-state index in [9.17, 15) is 0 Å². The number of nitrogens with zero attached hydrogens (tertiary/aromatic N) is 2. The molecule has 8 heteroatoms. The van der Waals surface area contributed by atoms with Crippen LogP contribution in [0.15, 0.2) is 64.5 Å². The van der Waals surface area contributed by atoms with Crippen molar-refractivity contribution in [1.82, 2.24) is 9.55 Å². The van der Waals surface area contributed by atoms with Crippen molar-refractivity contribution in [2.75, 3.05) is 12.4 Å². The highest BCUT2D eigenvalue weighted by molar-refractivity contribution is 9.11. The topological polar surface area (TPSA) is 36.3 Å². The van der Waals surface area contributed by atoms with Crippen molar-refractivity contribution in [3.05, 3.63) is 75.1 Å². The van der Waals surface area contributed by atoms with Crippen LogP contribution in [-0.2, 0) is 22.4 Å². The second kappa shape index (κ2) is 12.3. The number of benzene rings is 1. The summed E-state index contributed by atoms with van der Waals surface area (Å²) in [6, 6.07) is 7.97. The largest absolute Gasteiger partial charge is 0.345 e. The van der Waals surface area contributed by atoms with Crippen LogP contribution in [0.1, 0.15) is 25.8 Å². The third kappa shape index (κ3) is 8.06. The highest BCUT2D eigenvalue weighted by Gasteiger charge is 2.41. The van der Waals surface area contributed by atoms with Crippen LogP contribution in [0.5, 0.6) is 0 Å². The van der Waals surface area contributed by atoms with E-state index in [0.29, 0.717) is 13.2 Å². The summed E-state index contributed by atoms with van der Waals surface area (Å²) in [5, 5.41) is 0.751. The Bertz CT molecular complexity index is 839. The van der Waals surface area contributed by atoms with Gasteiger partial charge in [0.25, 0.3) is 0 Å². The molecule has 2 heterocycles. The lowest BCUT2D eigenvalue weighted by Crippen LogP contribution is -2.37. The number of hydrogen-bond donors (Lipinski definition) is 0. The molecule has 2 aromatic rings. The quantitative estimate of drug-likeness (QED) is 0.338. The van der Waals surface area contributed by atoms with Gasteiger partial charge in [0.2, 0.25) is 0 Å². The zero-order chi connectivity index (χ0) is 20.7. The fourth-order valence-electron chi connectivity index (χ4n) is 3.14. The minimum Gasteiger partial charge on any atom is -0.345 e. The Kier molecular flexibility index (Phi) is 10.5. The standard InChI is InChI=1S/C22H26BrClN2O2S.ClH/c1-17(23)3-4-18(2)29-14-21-13-27-22(28-21,15-26-12-11-25-16-26)10-9-19-5-7-20(24)8-6-19;/h3-8,11-12,16,21H,9-10,13-15H2,1-2H3;1H/b17-3+,18-4+;/t21-,22+;/m0./s1. The predicted molar refractivity (Wildman–Crippen MR) is 132 cm³/mol. The van der Waals surface area contributed by atoms with Crippen LogP contribution in [0.3, 0.4) is 0 Å². The van der Waals surface area contributed by atoms with Gasteiger partial charge >= 0.3 is 0 Å². The maximum Gasteiger partial charge on any atom is 0.187 e. The molecule has 0 N–H and O–H groups in total. The molecule has 3 rings (SSSR count). The second-order valence-corrected chi connectivity index (χ2v) is 10.1. The third-order valence-corrected chi connectivity index (χ3v) is 6.30. The monoisotopic (exact) mass is 532 g/mol. The molecule has 1 aliphatic heterocycles. The van der Waals surface area contributed by atoms with Crippen LogP contribution in [0.4, 0.5) is 0 Å². The average Bonchev–Trinajstić information content (AvgIpc) is 3.35. The van der Waals surface area contributed by atoms with Gasteiger partial charge in [-0.2, -0.15) is 0 Å². The number of allylic oxidation sites excluding steroid dienone is 4. The molecule has 30 heavy (non-hydrogen) atoms. The van der Waals surface area contributed by atoms with E-state index in [1.54, 1.807) is 24.3 Å². The molecule has 0 radical (unpaired) electrons. The molecule has 1 saturated heterocycles. The number of halogens is 3. The number of imidazole rings is 1. The van der Waals surface area contributed by atoms with Crippen molar-refractivity contribution in [3.8, 4) is 0 Å². The van der Waals surface area contributed by atoms with Gasteiger partial charge < -0.3 is 14.0 Å². The molecule has 0 spiro atoms. The van der Waals surface area contributed by atoms with Crippen molar-refractivity contribution in [2.45, 2.75) is 45.1 Å². The first-order chi connectivity index (χ1) is 13.9. The molecular weight excluding hydrogens is 507 g/mol. The van der Waals surface area contributed by atoms with Gasteiger partial charge in [-0.1, -0.05) is 51.8 Å².